The predicted octanol–water partition coefficient (Wildman–Crippen LogP) is 5.03. The number of nitrogens with zero attached hydrogens (tertiary/aromatic N) is 1. The van der Waals surface area contributed by atoms with Crippen molar-refractivity contribution in [3.05, 3.63) is 76.3 Å². The van der Waals surface area contributed by atoms with Gasteiger partial charge in [-0.2, -0.15) is 13.2 Å². The first-order valence-electron chi connectivity index (χ1n) is 8.31. The van der Waals surface area contributed by atoms with E-state index in [9.17, 15) is 22.8 Å². The van der Waals surface area contributed by atoms with Crippen molar-refractivity contribution < 1.29 is 22.8 Å². The Balaban J connectivity index is 1.73. The summed E-state index contributed by atoms with van der Waals surface area (Å²) < 4.78 is 41.5. The van der Waals surface area contributed by atoms with Gasteiger partial charge >= 0.3 is 6.18 Å². The fourth-order valence-electron chi connectivity index (χ4n) is 3.19. The monoisotopic (exact) mass is 402 g/mol. The number of halogens is 3. The summed E-state index contributed by atoms with van der Waals surface area (Å²) >= 11 is 0.821. The normalized spacial score (nSPS) is 16.2. The highest BCUT2D eigenvalue weighted by Crippen LogP contribution is 2.33. The van der Waals surface area contributed by atoms with Crippen LogP contribution in [0.3, 0.4) is 0 Å². The molecule has 0 atom stereocenters. The van der Waals surface area contributed by atoms with E-state index in [2.05, 4.69) is 5.32 Å². The van der Waals surface area contributed by atoms with Crippen LogP contribution in [-0.2, 0) is 17.5 Å². The molecule has 0 unspecified atom stereocenters. The van der Waals surface area contributed by atoms with Crippen molar-refractivity contribution in [3.63, 3.8) is 0 Å². The number of thioether (sulfide) groups is 1. The highest BCUT2D eigenvalue weighted by Gasteiger charge is 2.33. The molecule has 1 fully saturated rings. The lowest BCUT2D eigenvalue weighted by Crippen LogP contribution is -2.17. The van der Waals surface area contributed by atoms with Gasteiger partial charge in [-0.05, 0) is 47.2 Å². The van der Waals surface area contributed by atoms with Crippen molar-refractivity contribution in [3.8, 4) is 0 Å². The molecule has 28 heavy (non-hydrogen) atoms. The average Bonchev–Trinajstić information content (AvgIpc) is 3.18. The van der Waals surface area contributed by atoms with Crippen LogP contribution in [-0.4, -0.2) is 15.7 Å². The van der Waals surface area contributed by atoms with Gasteiger partial charge in [-0.25, -0.2) is 0 Å². The van der Waals surface area contributed by atoms with Crippen LogP contribution in [0.25, 0.3) is 17.0 Å². The van der Waals surface area contributed by atoms with Crippen LogP contribution in [0, 0.1) is 0 Å². The smallest absolute Gasteiger partial charge is 0.343 e. The Morgan fingerprint density at radius 3 is 2.54 bits per heavy atom. The van der Waals surface area contributed by atoms with E-state index < -0.39 is 22.9 Å². The summed E-state index contributed by atoms with van der Waals surface area (Å²) in [5.41, 5.74) is 0.967. The first-order valence-corrected chi connectivity index (χ1v) is 9.12. The minimum Gasteiger partial charge on any atom is -0.343 e. The van der Waals surface area contributed by atoms with Gasteiger partial charge in [0, 0.05) is 23.6 Å². The Morgan fingerprint density at radius 1 is 1.04 bits per heavy atom. The molecule has 1 aliphatic rings. The largest absolute Gasteiger partial charge is 0.416 e. The fraction of sp³-hybridized carbons (Fsp3) is 0.100. The van der Waals surface area contributed by atoms with Crippen molar-refractivity contribution >= 4 is 39.9 Å². The van der Waals surface area contributed by atoms with E-state index in [0.717, 1.165) is 28.7 Å². The van der Waals surface area contributed by atoms with Crippen LogP contribution >= 0.6 is 11.8 Å². The summed E-state index contributed by atoms with van der Waals surface area (Å²) in [6.45, 7) is 0.0624. The summed E-state index contributed by atoms with van der Waals surface area (Å²) in [5, 5.41) is 2.56. The molecule has 1 aliphatic heterocycles. The van der Waals surface area contributed by atoms with Gasteiger partial charge < -0.3 is 4.57 Å². The number of imide groups is 1. The standard InChI is InChI=1S/C20H13F3N2O2S/c21-20(22,23)15-6-2-1-4-13(15)11-25-9-8-14-12(5-3-7-16(14)25)10-17-18(26)24-19(27)28-17/h1-10H,11H2,(H,24,26,27)/b17-10-. The van der Waals surface area contributed by atoms with E-state index in [4.69, 9.17) is 0 Å². The second-order valence-corrected chi connectivity index (χ2v) is 7.25. The molecule has 1 aromatic heterocycles. The number of rotatable bonds is 3. The first kappa shape index (κ1) is 18.4. The van der Waals surface area contributed by atoms with Gasteiger partial charge in [-0.15, -0.1) is 0 Å². The number of fused-ring (bicyclic) bond motifs is 1. The van der Waals surface area contributed by atoms with Crippen LogP contribution in [0.4, 0.5) is 18.0 Å². The van der Waals surface area contributed by atoms with Crippen LogP contribution < -0.4 is 5.32 Å². The summed E-state index contributed by atoms with van der Waals surface area (Å²) in [7, 11) is 0. The van der Waals surface area contributed by atoms with Gasteiger partial charge in [0.15, 0.2) is 0 Å². The first-order chi connectivity index (χ1) is 13.3. The zero-order valence-electron chi connectivity index (χ0n) is 14.3. The van der Waals surface area contributed by atoms with E-state index >= 15 is 0 Å². The van der Waals surface area contributed by atoms with Crippen LogP contribution in [0.15, 0.2) is 59.6 Å². The van der Waals surface area contributed by atoms with Gasteiger partial charge in [0.05, 0.1) is 10.5 Å². The van der Waals surface area contributed by atoms with Gasteiger partial charge in [0.2, 0.25) is 0 Å². The third kappa shape index (κ3) is 3.43. The third-order valence-electron chi connectivity index (χ3n) is 4.44. The van der Waals surface area contributed by atoms with Gasteiger partial charge in [0.1, 0.15) is 0 Å². The second kappa shape index (κ2) is 6.87. The molecule has 0 aliphatic carbocycles. The Kier molecular flexibility index (Phi) is 4.50. The van der Waals surface area contributed by atoms with Crippen LogP contribution in [0.5, 0.6) is 0 Å². The molecule has 0 saturated carbocycles. The Hall–Kier alpha value is -3.00. The predicted molar refractivity (Wildman–Crippen MR) is 102 cm³/mol. The molecule has 1 saturated heterocycles. The molecule has 0 radical (unpaired) electrons. The molecule has 2 aromatic carbocycles. The lowest BCUT2D eigenvalue weighted by atomic mass is 10.1. The number of carbonyl (C=O) groups excluding carboxylic acids is 2. The average molecular weight is 402 g/mol. The van der Waals surface area contributed by atoms with E-state index in [1.54, 1.807) is 47.2 Å². The molecule has 142 valence electrons. The zero-order valence-corrected chi connectivity index (χ0v) is 15.1. The Bertz CT molecular complexity index is 1130. The molecule has 0 spiro atoms. The molecule has 8 heteroatoms. The summed E-state index contributed by atoms with van der Waals surface area (Å²) in [6, 6.07) is 12.6. The third-order valence-corrected chi connectivity index (χ3v) is 5.25. The summed E-state index contributed by atoms with van der Waals surface area (Å²) in [5.74, 6) is -0.453. The Morgan fingerprint density at radius 2 is 1.82 bits per heavy atom. The molecular formula is C20H13F3N2O2S. The van der Waals surface area contributed by atoms with Gasteiger partial charge in [-0.1, -0.05) is 30.3 Å². The molecule has 2 amide bonds. The van der Waals surface area contributed by atoms with Gasteiger partial charge in [-0.3, -0.25) is 14.9 Å². The molecule has 0 bridgehead atoms. The van der Waals surface area contributed by atoms with Crippen molar-refractivity contribution in [2.75, 3.05) is 0 Å². The van der Waals surface area contributed by atoms with E-state index in [1.807, 2.05) is 0 Å². The lowest BCUT2D eigenvalue weighted by molar-refractivity contribution is -0.138. The number of carbonyl (C=O) groups is 2. The number of hydrogen-bond acceptors (Lipinski definition) is 3. The van der Waals surface area contributed by atoms with Gasteiger partial charge in [0.25, 0.3) is 11.1 Å². The Labute approximate surface area is 162 Å². The number of aromatic nitrogens is 1. The number of benzene rings is 2. The maximum absolute atomic E-state index is 13.3. The lowest BCUT2D eigenvalue weighted by Gasteiger charge is -2.14. The van der Waals surface area contributed by atoms with E-state index in [0.29, 0.717) is 5.56 Å². The van der Waals surface area contributed by atoms with Crippen LogP contribution in [0.2, 0.25) is 0 Å². The molecule has 3 aromatic rings. The highest BCUT2D eigenvalue weighted by molar-refractivity contribution is 8.18. The molecular weight excluding hydrogens is 389 g/mol. The number of amides is 2. The van der Waals surface area contributed by atoms with E-state index in [1.165, 1.54) is 12.1 Å². The van der Waals surface area contributed by atoms with Crippen molar-refractivity contribution in [2.45, 2.75) is 12.7 Å². The fourth-order valence-corrected chi connectivity index (χ4v) is 3.86. The maximum atomic E-state index is 13.3. The number of hydrogen-bond donors (Lipinski definition) is 1. The molecule has 4 rings (SSSR count). The van der Waals surface area contributed by atoms with Crippen molar-refractivity contribution in [1.82, 2.24) is 9.88 Å². The van der Waals surface area contributed by atoms with Crippen molar-refractivity contribution in [2.24, 2.45) is 0 Å². The topological polar surface area (TPSA) is 51.1 Å². The van der Waals surface area contributed by atoms with Crippen LogP contribution in [0.1, 0.15) is 16.7 Å². The van der Waals surface area contributed by atoms with E-state index in [-0.39, 0.29) is 17.0 Å². The number of alkyl halides is 3. The second-order valence-electron chi connectivity index (χ2n) is 6.23. The maximum Gasteiger partial charge on any atom is 0.416 e. The molecule has 4 nitrogen and oxygen atoms in total. The molecule has 1 N–H and O–H groups in total. The van der Waals surface area contributed by atoms with Crippen molar-refractivity contribution in [1.29, 1.82) is 0 Å². The summed E-state index contributed by atoms with van der Waals surface area (Å²) in [6.07, 6.45) is -1.09. The summed E-state index contributed by atoms with van der Waals surface area (Å²) in [4.78, 5) is 23.4. The SMILES string of the molecule is O=C1NC(=O)/C(=C/c2cccc3c2ccn3Cc2ccccc2C(F)(F)F)S1. The minimum atomic E-state index is -4.42. The highest BCUT2D eigenvalue weighted by atomic mass is 32.2. The molecule has 2 heterocycles. The minimum absolute atomic E-state index is 0.0624. The zero-order chi connectivity index (χ0) is 19.9. The number of nitrogens with one attached hydrogen (secondary N) is 1. The quantitative estimate of drug-likeness (QED) is 0.625.